The monoisotopic (exact) mass is 308 g/mol. The predicted molar refractivity (Wildman–Crippen MR) is 90.0 cm³/mol. The lowest BCUT2D eigenvalue weighted by Crippen LogP contribution is -2.43. The number of aliphatic imine (C=N–C) groups is 1. The first-order chi connectivity index (χ1) is 10.2. The molecule has 0 saturated heterocycles. The number of hydrogen-bond acceptors (Lipinski definition) is 4. The molecule has 2 N–H and O–H groups in total. The van der Waals surface area contributed by atoms with Crippen LogP contribution in [0.3, 0.4) is 0 Å². The summed E-state index contributed by atoms with van der Waals surface area (Å²) >= 11 is 6.40. The number of benzene rings is 1. The van der Waals surface area contributed by atoms with Gasteiger partial charge in [0.1, 0.15) is 0 Å². The summed E-state index contributed by atoms with van der Waals surface area (Å²) in [6.07, 6.45) is 0. The Morgan fingerprint density at radius 2 is 2.10 bits per heavy atom. The molecule has 0 amide bonds. The van der Waals surface area contributed by atoms with Crippen LogP contribution in [0.2, 0.25) is 5.02 Å². The molecule has 2 unspecified atom stereocenters. The van der Waals surface area contributed by atoms with E-state index in [-0.39, 0.29) is 6.04 Å². The molecule has 5 heteroatoms. The number of nitrogens with zero attached hydrogens (tertiary/aromatic N) is 2. The molecule has 116 valence electrons. The summed E-state index contributed by atoms with van der Waals surface area (Å²) in [5, 5.41) is 7.59. The summed E-state index contributed by atoms with van der Waals surface area (Å²) in [5.74, 6) is 0.895. The second-order valence-corrected chi connectivity index (χ2v) is 5.78. The van der Waals surface area contributed by atoms with Crippen LogP contribution in [0.4, 0.5) is 0 Å². The van der Waals surface area contributed by atoms with E-state index in [1.165, 1.54) is 5.56 Å². The Kier molecular flexibility index (Phi) is 5.88. The Bertz CT molecular complexity index is 485. The van der Waals surface area contributed by atoms with Gasteiger partial charge in [-0.15, -0.1) is 0 Å². The SMILES string of the molecule is CCN(CC)C(CNC1=NCC(C)N1)c1ccccc1Cl. The van der Waals surface area contributed by atoms with E-state index in [0.29, 0.717) is 6.04 Å². The van der Waals surface area contributed by atoms with Crippen molar-refractivity contribution in [1.29, 1.82) is 0 Å². The molecule has 0 aromatic heterocycles. The number of halogens is 1. The largest absolute Gasteiger partial charge is 0.354 e. The van der Waals surface area contributed by atoms with E-state index in [0.717, 1.165) is 37.2 Å². The minimum Gasteiger partial charge on any atom is -0.354 e. The quantitative estimate of drug-likeness (QED) is 0.849. The number of nitrogens with one attached hydrogen (secondary N) is 2. The molecule has 1 aliphatic rings. The molecule has 1 aromatic carbocycles. The minimum atomic E-state index is 0.245. The fourth-order valence-corrected chi connectivity index (χ4v) is 2.96. The highest BCUT2D eigenvalue weighted by atomic mass is 35.5. The van der Waals surface area contributed by atoms with E-state index in [2.05, 4.69) is 47.4 Å². The molecule has 1 heterocycles. The van der Waals surface area contributed by atoms with Crippen molar-refractivity contribution in [2.75, 3.05) is 26.2 Å². The van der Waals surface area contributed by atoms with E-state index in [9.17, 15) is 0 Å². The van der Waals surface area contributed by atoms with Gasteiger partial charge in [0.05, 0.1) is 12.6 Å². The Morgan fingerprint density at radius 3 is 2.67 bits per heavy atom. The first kappa shape index (κ1) is 16.1. The van der Waals surface area contributed by atoms with Crippen molar-refractivity contribution >= 4 is 17.6 Å². The molecule has 0 fully saturated rings. The predicted octanol–water partition coefficient (Wildman–Crippen LogP) is 2.66. The van der Waals surface area contributed by atoms with Gasteiger partial charge in [-0.3, -0.25) is 9.89 Å². The summed E-state index contributed by atoms with van der Waals surface area (Å²) in [5.41, 5.74) is 1.17. The molecular weight excluding hydrogens is 284 g/mol. The van der Waals surface area contributed by atoms with Crippen LogP contribution in [0.25, 0.3) is 0 Å². The third kappa shape index (κ3) is 4.11. The zero-order chi connectivity index (χ0) is 15.2. The average molecular weight is 309 g/mol. The lowest BCUT2D eigenvalue weighted by atomic mass is 10.0. The zero-order valence-corrected chi connectivity index (χ0v) is 13.8. The topological polar surface area (TPSA) is 39.7 Å². The van der Waals surface area contributed by atoms with Gasteiger partial charge in [0, 0.05) is 17.6 Å². The van der Waals surface area contributed by atoms with Crippen LogP contribution >= 0.6 is 11.6 Å². The molecule has 2 rings (SSSR count). The summed E-state index contributed by atoms with van der Waals surface area (Å²) in [6, 6.07) is 8.75. The fraction of sp³-hybridized carbons (Fsp3) is 0.562. The summed E-state index contributed by atoms with van der Waals surface area (Å²) in [6.45, 7) is 10.1. The van der Waals surface area contributed by atoms with Gasteiger partial charge in [-0.1, -0.05) is 43.6 Å². The van der Waals surface area contributed by atoms with Crippen molar-refractivity contribution in [2.45, 2.75) is 32.9 Å². The first-order valence-corrected chi connectivity index (χ1v) is 8.06. The lowest BCUT2D eigenvalue weighted by Gasteiger charge is -2.31. The van der Waals surface area contributed by atoms with Gasteiger partial charge in [0.25, 0.3) is 0 Å². The molecule has 1 aliphatic heterocycles. The van der Waals surface area contributed by atoms with Crippen molar-refractivity contribution in [3.63, 3.8) is 0 Å². The second kappa shape index (κ2) is 7.66. The highest BCUT2D eigenvalue weighted by Crippen LogP contribution is 2.26. The second-order valence-electron chi connectivity index (χ2n) is 5.37. The van der Waals surface area contributed by atoms with E-state index >= 15 is 0 Å². The average Bonchev–Trinajstić information content (AvgIpc) is 2.90. The molecule has 0 saturated carbocycles. The van der Waals surface area contributed by atoms with Gasteiger partial charge in [-0.2, -0.15) is 0 Å². The number of guanidine groups is 1. The van der Waals surface area contributed by atoms with E-state index in [1.54, 1.807) is 0 Å². The molecular formula is C16H25ClN4. The third-order valence-corrected chi connectivity index (χ3v) is 4.23. The van der Waals surface area contributed by atoms with Crippen molar-refractivity contribution in [2.24, 2.45) is 4.99 Å². The van der Waals surface area contributed by atoms with Gasteiger partial charge in [0.2, 0.25) is 0 Å². The van der Waals surface area contributed by atoms with Crippen LogP contribution in [0.1, 0.15) is 32.4 Å². The fourth-order valence-electron chi connectivity index (χ4n) is 2.70. The molecule has 1 aromatic rings. The summed E-state index contributed by atoms with van der Waals surface area (Å²) in [7, 11) is 0. The first-order valence-electron chi connectivity index (χ1n) is 7.69. The van der Waals surface area contributed by atoms with Crippen LogP contribution in [-0.2, 0) is 0 Å². The van der Waals surface area contributed by atoms with Crippen LogP contribution in [0, 0.1) is 0 Å². The van der Waals surface area contributed by atoms with Crippen molar-refractivity contribution in [1.82, 2.24) is 15.5 Å². The van der Waals surface area contributed by atoms with Crippen LogP contribution in [-0.4, -0.2) is 43.1 Å². The minimum absolute atomic E-state index is 0.245. The van der Waals surface area contributed by atoms with Gasteiger partial charge < -0.3 is 10.6 Å². The standard InChI is InChI=1S/C16H25ClN4/c1-4-21(5-2)15(13-8-6-7-9-14(13)17)11-19-16-18-10-12(3)20-16/h6-9,12,15H,4-5,10-11H2,1-3H3,(H2,18,19,20). The van der Waals surface area contributed by atoms with Crippen molar-refractivity contribution in [3.8, 4) is 0 Å². The Balaban J connectivity index is 2.11. The molecule has 21 heavy (non-hydrogen) atoms. The highest BCUT2D eigenvalue weighted by molar-refractivity contribution is 6.31. The maximum Gasteiger partial charge on any atom is 0.191 e. The van der Waals surface area contributed by atoms with Gasteiger partial charge in [-0.25, -0.2) is 0 Å². The van der Waals surface area contributed by atoms with E-state index < -0.39 is 0 Å². The zero-order valence-electron chi connectivity index (χ0n) is 13.1. The number of hydrogen-bond donors (Lipinski definition) is 2. The maximum atomic E-state index is 6.40. The molecule has 2 atom stereocenters. The normalized spacial score (nSPS) is 19.3. The molecule has 4 nitrogen and oxygen atoms in total. The number of rotatable bonds is 6. The summed E-state index contributed by atoms with van der Waals surface area (Å²) in [4.78, 5) is 6.87. The lowest BCUT2D eigenvalue weighted by molar-refractivity contribution is 0.219. The van der Waals surface area contributed by atoms with E-state index in [1.807, 2.05) is 18.2 Å². The smallest absolute Gasteiger partial charge is 0.191 e. The maximum absolute atomic E-state index is 6.40. The molecule has 0 aliphatic carbocycles. The van der Waals surface area contributed by atoms with Gasteiger partial charge in [-0.05, 0) is 31.6 Å². The van der Waals surface area contributed by atoms with Crippen LogP contribution < -0.4 is 10.6 Å². The molecule has 0 bridgehead atoms. The van der Waals surface area contributed by atoms with E-state index in [4.69, 9.17) is 11.6 Å². The van der Waals surface area contributed by atoms with Crippen LogP contribution in [0.5, 0.6) is 0 Å². The Morgan fingerprint density at radius 1 is 1.38 bits per heavy atom. The molecule has 0 spiro atoms. The Labute approximate surface area is 132 Å². The summed E-state index contributed by atoms with van der Waals surface area (Å²) < 4.78 is 0. The number of likely N-dealkylation sites (N-methyl/N-ethyl adjacent to an activating group) is 1. The molecule has 0 radical (unpaired) electrons. The highest BCUT2D eigenvalue weighted by Gasteiger charge is 2.21. The van der Waals surface area contributed by atoms with Crippen LogP contribution in [0.15, 0.2) is 29.3 Å². The third-order valence-electron chi connectivity index (χ3n) is 3.89. The van der Waals surface area contributed by atoms with Gasteiger partial charge in [0.15, 0.2) is 5.96 Å². The van der Waals surface area contributed by atoms with Crippen molar-refractivity contribution < 1.29 is 0 Å². The Hall–Kier alpha value is -1.26. The van der Waals surface area contributed by atoms with Crippen molar-refractivity contribution in [3.05, 3.63) is 34.9 Å². The van der Waals surface area contributed by atoms with Gasteiger partial charge >= 0.3 is 0 Å².